The number of allylic oxidation sites excluding steroid dienone is 2. The molecule has 0 spiro atoms. The fraction of sp³-hybridized carbons (Fsp3) is 0.600. The average Bonchev–Trinajstić information content (AvgIpc) is 2.47. The van der Waals surface area contributed by atoms with Gasteiger partial charge in [-0.2, -0.15) is 0 Å². The van der Waals surface area contributed by atoms with E-state index in [1.165, 1.54) is 16.7 Å². The predicted molar refractivity (Wildman–Crippen MR) is 98.5 cm³/mol. The van der Waals surface area contributed by atoms with Crippen molar-refractivity contribution in [2.45, 2.75) is 59.3 Å². The number of hydrogen-bond donors (Lipinski definition) is 1. The molecular weight excluding hydrogens is 308 g/mol. The van der Waals surface area contributed by atoms with Crippen LogP contribution >= 0.6 is 11.6 Å². The fourth-order valence-corrected chi connectivity index (χ4v) is 3.99. The minimum Gasteiger partial charge on any atom is -0.492 e. The Balaban J connectivity index is 2.68. The van der Waals surface area contributed by atoms with Crippen molar-refractivity contribution in [1.82, 2.24) is 0 Å². The van der Waals surface area contributed by atoms with Crippen molar-refractivity contribution in [3.8, 4) is 5.75 Å². The van der Waals surface area contributed by atoms with Gasteiger partial charge in [0.15, 0.2) is 0 Å². The van der Waals surface area contributed by atoms with Gasteiger partial charge in [-0.05, 0) is 65.8 Å². The molecule has 1 aliphatic rings. The molecule has 2 rings (SSSR count). The average molecular weight is 337 g/mol. The first-order valence-electron chi connectivity index (χ1n) is 8.63. The van der Waals surface area contributed by atoms with Crippen LogP contribution in [0.3, 0.4) is 0 Å². The van der Waals surface area contributed by atoms with E-state index in [-0.39, 0.29) is 12.0 Å². The summed E-state index contributed by atoms with van der Waals surface area (Å²) >= 11 is 6.83. The molecule has 0 unspecified atom stereocenters. The van der Waals surface area contributed by atoms with Crippen LogP contribution in [0.15, 0.2) is 12.1 Å². The highest BCUT2D eigenvalue weighted by molar-refractivity contribution is 6.33. The van der Waals surface area contributed by atoms with E-state index in [0.717, 1.165) is 35.6 Å². The lowest BCUT2D eigenvalue weighted by atomic mass is 9.70. The van der Waals surface area contributed by atoms with Gasteiger partial charge in [0.1, 0.15) is 5.75 Å². The SMILES string of the molecule is CCOc1c(CCCO)cc2c(c1Cl)C(C)(C)CC=C2C(C)C. The maximum Gasteiger partial charge on any atom is 0.141 e. The molecule has 2 nitrogen and oxygen atoms in total. The van der Waals surface area contributed by atoms with E-state index in [4.69, 9.17) is 16.3 Å². The summed E-state index contributed by atoms with van der Waals surface area (Å²) in [6.45, 7) is 11.7. The Kier molecular flexibility index (Phi) is 5.80. The zero-order chi connectivity index (χ0) is 17.2. The van der Waals surface area contributed by atoms with Gasteiger partial charge >= 0.3 is 0 Å². The molecule has 0 aliphatic heterocycles. The molecule has 0 aromatic heterocycles. The zero-order valence-electron chi connectivity index (χ0n) is 15.0. The van der Waals surface area contributed by atoms with Gasteiger partial charge in [-0.3, -0.25) is 0 Å². The Morgan fingerprint density at radius 3 is 2.61 bits per heavy atom. The van der Waals surface area contributed by atoms with E-state index in [2.05, 4.69) is 39.8 Å². The number of ether oxygens (including phenoxy) is 1. The summed E-state index contributed by atoms with van der Waals surface area (Å²) in [5, 5.41) is 9.95. The normalized spacial score (nSPS) is 16.3. The molecule has 0 atom stereocenters. The molecule has 0 fully saturated rings. The highest BCUT2D eigenvalue weighted by Gasteiger charge is 2.33. The molecule has 1 aromatic rings. The second kappa shape index (κ2) is 7.27. The number of aliphatic hydroxyl groups is 1. The van der Waals surface area contributed by atoms with Crippen molar-refractivity contribution in [3.05, 3.63) is 33.9 Å². The second-order valence-corrected chi connectivity index (χ2v) is 7.64. The Morgan fingerprint density at radius 1 is 1.35 bits per heavy atom. The molecule has 1 aliphatic carbocycles. The van der Waals surface area contributed by atoms with Gasteiger partial charge < -0.3 is 9.84 Å². The van der Waals surface area contributed by atoms with E-state index in [9.17, 15) is 5.11 Å². The topological polar surface area (TPSA) is 29.5 Å². The van der Waals surface area contributed by atoms with Gasteiger partial charge in [0.25, 0.3) is 0 Å². The second-order valence-electron chi connectivity index (χ2n) is 7.26. The number of aliphatic hydroxyl groups excluding tert-OH is 1. The molecule has 3 heteroatoms. The van der Waals surface area contributed by atoms with Crippen molar-refractivity contribution >= 4 is 17.2 Å². The first-order valence-corrected chi connectivity index (χ1v) is 9.01. The van der Waals surface area contributed by atoms with Gasteiger partial charge in [0.05, 0.1) is 11.6 Å². The maximum absolute atomic E-state index is 9.19. The molecule has 0 bridgehead atoms. The Bertz CT molecular complexity index is 600. The summed E-state index contributed by atoms with van der Waals surface area (Å²) in [5.41, 5.74) is 4.95. The highest BCUT2D eigenvalue weighted by atomic mass is 35.5. The molecule has 0 radical (unpaired) electrons. The Labute approximate surface area is 145 Å². The quantitative estimate of drug-likeness (QED) is 0.755. The number of aryl methyl sites for hydroxylation is 1. The van der Waals surface area contributed by atoms with Crippen LogP contribution < -0.4 is 4.74 Å². The lowest BCUT2D eigenvalue weighted by molar-refractivity contribution is 0.286. The molecule has 23 heavy (non-hydrogen) atoms. The molecule has 1 aromatic carbocycles. The molecule has 0 saturated carbocycles. The zero-order valence-corrected chi connectivity index (χ0v) is 15.8. The van der Waals surface area contributed by atoms with Gasteiger partial charge in [0, 0.05) is 6.61 Å². The van der Waals surface area contributed by atoms with Crippen molar-refractivity contribution in [3.63, 3.8) is 0 Å². The molecule has 0 saturated heterocycles. The third-order valence-corrected chi connectivity index (χ3v) is 4.99. The van der Waals surface area contributed by atoms with Crippen LogP contribution in [0.5, 0.6) is 5.75 Å². The Morgan fingerprint density at radius 2 is 2.04 bits per heavy atom. The van der Waals surface area contributed by atoms with Gasteiger partial charge in [-0.1, -0.05) is 45.4 Å². The van der Waals surface area contributed by atoms with Gasteiger partial charge in [-0.15, -0.1) is 0 Å². The van der Waals surface area contributed by atoms with Crippen LogP contribution in [-0.2, 0) is 11.8 Å². The fourth-order valence-electron chi connectivity index (χ4n) is 3.45. The molecule has 128 valence electrons. The Hall–Kier alpha value is -0.990. The minimum atomic E-state index is 0.00612. The summed E-state index contributed by atoms with van der Waals surface area (Å²) in [6, 6.07) is 2.24. The predicted octanol–water partition coefficient (Wildman–Crippen LogP) is 5.38. The lowest BCUT2D eigenvalue weighted by Crippen LogP contribution is -2.24. The largest absolute Gasteiger partial charge is 0.492 e. The van der Waals surface area contributed by atoms with Crippen molar-refractivity contribution in [2.75, 3.05) is 13.2 Å². The van der Waals surface area contributed by atoms with Crippen LogP contribution in [0.2, 0.25) is 5.02 Å². The minimum absolute atomic E-state index is 0.00612. The first-order chi connectivity index (χ1) is 10.8. The molecule has 1 N–H and O–H groups in total. The summed E-state index contributed by atoms with van der Waals surface area (Å²) in [7, 11) is 0. The lowest BCUT2D eigenvalue weighted by Gasteiger charge is -2.35. The number of rotatable bonds is 6. The standard InChI is InChI=1S/C20H29ClO2/c1-6-23-19-14(8-7-11-22)12-16-15(13(2)3)9-10-20(4,5)17(16)18(19)21/h9,12-13,22H,6-8,10-11H2,1-5H3. The summed E-state index contributed by atoms with van der Waals surface area (Å²) < 4.78 is 5.89. The summed E-state index contributed by atoms with van der Waals surface area (Å²) in [4.78, 5) is 0. The highest BCUT2D eigenvalue weighted by Crippen LogP contribution is 2.49. The van der Waals surface area contributed by atoms with Gasteiger partial charge in [-0.25, -0.2) is 0 Å². The van der Waals surface area contributed by atoms with Crippen LogP contribution in [-0.4, -0.2) is 18.3 Å². The van der Waals surface area contributed by atoms with E-state index in [1.807, 2.05) is 6.92 Å². The molecule has 0 heterocycles. The van der Waals surface area contributed by atoms with Crippen LogP contribution in [0.25, 0.3) is 5.57 Å². The smallest absolute Gasteiger partial charge is 0.141 e. The number of hydrogen-bond acceptors (Lipinski definition) is 2. The van der Waals surface area contributed by atoms with Crippen molar-refractivity contribution in [2.24, 2.45) is 5.92 Å². The van der Waals surface area contributed by atoms with Crippen LogP contribution in [0.4, 0.5) is 0 Å². The molecule has 0 amide bonds. The van der Waals surface area contributed by atoms with Gasteiger partial charge in [0.2, 0.25) is 0 Å². The van der Waals surface area contributed by atoms with E-state index in [1.54, 1.807) is 0 Å². The third kappa shape index (κ3) is 3.59. The molecular formula is C20H29ClO2. The van der Waals surface area contributed by atoms with Crippen LogP contribution in [0, 0.1) is 5.92 Å². The number of halogens is 1. The monoisotopic (exact) mass is 336 g/mol. The van der Waals surface area contributed by atoms with E-state index < -0.39 is 0 Å². The summed E-state index contributed by atoms with van der Waals surface area (Å²) in [5.74, 6) is 1.27. The number of fused-ring (bicyclic) bond motifs is 1. The van der Waals surface area contributed by atoms with Crippen LogP contribution in [0.1, 0.15) is 64.2 Å². The van der Waals surface area contributed by atoms with E-state index in [0.29, 0.717) is 12.5 Å². The van der Waals surface area contributed by atoms with E-state index >= 15 is 0 Å². The maximum atomic E-state index is 9.19. The van der Waals surface area contributed by atoms with Crippen molar-refractivity contribution in [1.29, 1.82) is 0 Å². The number of benzene rings is 1. The third-order valence-electron chi connectivity index (χ3n) is 4.63. The van der Waals surface area contributed by atoms with Crippen molar-refractivity contribution < 1.29 is 9.84 Å². The summed E-state index contributed by atoms with van der Waals surface area (Å²) in [6.07, 6.45) is 4.86. The first kappa shape index (κ1) is 18.4.